The maximum Gasteiger partial charge on any atom is 0.147 e. The Hall–Kier alpha value is -0.890. The van der Waals surface area contributed by atoms with Gasteiger partial charge >= 0.3 is 0 Å². The number of halogens is 1. The van der Waals surface area contributed by atoms with Crippen LogP contribution in [0.4, 0.5) is 5.69 Å². The molecule has 0 unspecified atom stereocenters. The summed E-state index contributed by atoms with van der Waals surface area (Å²) in [5.41, 5.74) is 2.27. The molecule has 1 aromatic rings. The molecule has 0 amide bonds. The smallest absolute Gasteiger partial charge is 0.147 e. The van der Waals surface area contributed by atoms with Crippen LogP contribution in [0.25, 0.3) is 0 Å². The predicted molar refractivity (Wildman–Crippen MR) is 64.3 cm³/mol. The third-order valence-corrected chi connectivity index (χ3v) is 3.09. The van der Waals surface area contributed by atoms with E-state index in [-0.39, 0.29) is 0 Å². The van der Waals surface area contributed by atoms with Gasteiger partial charge in [-0.1, -0.05) is 31.5 Å². The van der Waals surface area contributed by atoms with Gasteiger partial charge in [0.05, 0.1) is 17.3 Å². The molecule has 0 radical (unpaired) electrons. The summed E-state index contributed by atoms with van der Waals surface area (Å²) in [4.78, 5) is 2.16. The lowest BCUT2D eigenvalue weighted by atomic mass is 10.0. The molecule has 2 rings (SSSR count). The first kappa shape index (κ1) is 10.6. The third-order valence-electron chi connectivity index (χ3n) is 2.79. The maximum absolute atomic E-state index is 6.19. The highest BCUT2D eigenvalue weighted by molar-refractivity contribution is 6.33. The summed E-state index contributed by atoms with van der Waals surface area (Å²) in [6, 6.07) is 4.02. The number of hydrogen-bond acceptors (Lipinski definition) is 2. The second-order valence-corrected chi connectivity index (χ2v) is 4.65. The van der Waals surface area contributed by atoms with Gasteiger partial charge < -0.3 is 9.64 Å². The first-order valence-electron chi connectivity index (χ1n) is 5.27. The molecular weight excluding hydrogens is 210 g/mol. The zero-order chi connectivity index (χ0) is 11.0. The zero-order valence-electron chi connectivity index (χ0n) is 9.38. The van der Waals surface area contributed by atoms with Gasteiger partial charge in [-0.2, -0.15) is 0 Å². The van der Waals surface area contributed by atoms with Gasteiger partial charge in [0.2, 0.25) is 0 Å². The van der Waals surface area contributed by atoms with Crippen LogP contribution < -0.4 is 9.64 Å². The van der Waals surface area contributed by atoms with E-state index in [1.807, 2.05) is 6.07 Å². The molecule has 0 fully saturated rings. The quantitative estimate of drug-likeness (QED) is 0.727. The van der Waals surface area contributed by atoms with Crippen LogP contribution in [0.3, 0.4) is 0 Å². The summed E-state index contributed by atoms with van der Waals surface area (Å²) < 4.78 is 5.74. The topological polar surface area (TPSA) is 12.5 Å². The molecule has 2 nitrogen and oxygen atoms in total. The van der Waals surface area contributed by atoms with E-state index in [4.69, 9.17) is 16.3 Å². The molecule has 1 aliphatic heterocycles. The van der Waals surface area contributed by atoms with E-state index in [0.29, 0.717) is 5.92 Å². The molecule has 82 valence electrons. The average molecular weight is 226 g/mol. The van der Waals surface area contributed by atoms with Crippen molar-refractivity contribution in [2.24, 2.45) is 0 Å². The van der Waals surface area contributed by atoms with Crippen LogP contribution in [-0.4, -0.2) is 20.2 Å². The molecule has 0 bridgehead atoms. The number of likely N-dealkylation sites (N-methyl/N-ethyl adjacent to an activating group) is 1. The summed E-state index contributed by atoms with van der Waals surface area (Å²) in [6.07, 6.45) is 0. The SMILES string of the molecule is CC(C)c1ccc(Cl)c2c1OCCN2C. The molecule has 15 heavy (non-hydrogen) atoms. The largest absolute Gasteiger partial charge is 0.489 e. The summed E-state index contributed by atoms with van der Waals surface area (Å²) in [5, 5.41) is 0.775. The minimum Gasteiger partial charge on any atom is -0.489 e. The first-order chi connectivity index (χ1) is 7.11. The van der Waals surface area contributed by atoms with Gasteiger partial charge in [0.25, 0.3) is 0 Å². The minimum absolute atomic E-state index is 0.461. The Morgan fingerprint density at radius 2 is 2.13 bits per heavy atom. The fourth-order valence-corrected chi connectivity index (χ4v) is 2.21. The first-order valence-corrected chi connectivity index (χ1v) is 5.65. The van der Waals surface area contributed by atoms with Crippen molar-refractivity contribution < 1.29 is 4.74 Å². The van der Waals surface area contributed by atoms with Gasteiger partial charge in [-0.05, 0) is 17.5 Å². The van der Waals surface area contributed by atoms with Crippen LogP contribution in [0.5, 0.6) is 5.75 Å². The van der Waals surface area contributed by atoms with Crippen LogP contribution >= 0.6 is 11.6 Å². The van der Waals surface area contributed by atoms with E-state index in [0.717, 1.165) is 29.6 Å². The Kier molecular flexibility index (Phi) is 2.79. The Balaban J connectivity index is 2.58. The number of rotatable bonds is 1. The van der Waals surface area contributed by atoms with E-state index in [1.54, 1.807) is 0 Å². The number of benzene rings is 1. The lowest BCUT2D eigenvalue weighted by Gasteiger charge is -2.30. The van der Waals surface area contributed by atoms with Crippen LogP contribution in [0, 0.1) is 0 Å². The fraction of sp³-hybridized carbons (Fsp3) is 0.500. The Morgan fingerprint density at radius 1 is 1.40 bits per heavy atom. The van der Waals surface area contributed by atoms with Crippen LogP contribution in [0.15, 0.2) is 12.1 Å². The summed E-state index contributed by atoms with van der Waals surface area (Å²) in [7, 11) is 2.05. The average Bonchev–Trinajstić information content (AvgIpc) is 2.17. The van der Waals surface area contributed by atoms with Crippen molar-refractivity contribution in [3.05, 3.63) is 22.7 Å². The van der Waals surface area contributed by atoms with Crippen molar-refractivity contribution in [1.82, 2.24) is 0 Å². The fourth-order valence-electron chi connectivity index (χ4n) is 1.92. The number of nitrogens with zero attached hydrogens (tertiary/aromatic N) is 1. The molecule has 0 saturated carbocycles. The van der Waals surface area contributed by atoms with E-state index < -0.39 is 0 Å². The van der Waals surface area contributed by atoms with E-state index >= 15 is 0 Å². The molecule has 3 heteroatoms. The van der Waals surface area contributed by atoms with Gasteiger partial charge in [-0.15, -0.1) is 0 Å². The van der Waals surface area contributed by atoms with Crippen LogP contribution in [-0.2, 0) is 0 Å². The third kappa shape index (κ3) is 1.78. The highest BCUT2D eigenvalue weighted by Crippen LogP contribution is 2.42. The molecule has 1 heterocycles. The van der Waals surface area contributed by atoms with Crippen molar-refractivity contribution in [3.63, 3.8) is 0 Å². The standard InChI is InChI=1S/C12H16ClNO/c1-8(2)9-4-5-10(13)11-12(9)15-7-6-14(11)3/h4-5,8H,6-7H2,1-3H3. The lowest BCUT2D eigenvalue weighted by molar-refractivity contribution is 0.307. The van der Waals surface area contributed by atoms with Crippen LogP contribution in [0.1, 0.15) is 25.3 Å². The van der Waals surface area contributed by atoms with Crippen molar-refractivity contribution in [3.8, 4) is 5.75 Å². The molecule has 0 atom stereocenters. The molecule has 0 aromatic heterocycles. The summed E-state index contributed by atoms with van der Waals surface area (Å²) in [6.45, 7) is 5.97. The van der Waals surface area contributed by atoms with Gasteiger partial charge in [-0.25, -0.2) is 0 Å². The monoisotopic (exact) mass is 225 g/mol. The van der Waals surface area contributed by atoms with Gasteiger partial charge in [0, 0.05) is 7.05 Å². The second kappa shape index (κ2) is 3.93. The highest BCUT2D eigenvalue weighted by Gasteiger charge is 2.22. The van der Waals surface area contributed by atoms with Crippen molar-refractivity contribution in [2.45, 2.75) is 19.8 Å². The Bertz CT molecular complexity index is 376. The molecular formula is C12H16ClNO. The molecule has 0 saturated heterocycles. The maximum atomic E-state index is 6.19. The lowest BCUT2D eigenvalue weighted by Crippen LogP contribution is -2.29. The summed E-state index contributed by atoms with van der Waals surface area (Å²) >= 11 is 6.19. The van der Waals surface area contributed by atoms with Gasteiger partial charge in [0.15, 0.2) is 0 Å². The van der Waals surface area contributed by atoms with Crippen molar-refractivity contribution >= 4 is 17.3 Å². The highest BCUT2D eigenvalue weighted by atomic mass is 35.5. The Labute approximate surface area is 95.8 Å². The number of anilines is 1. The van der Waals surface area contributed by atoms with Gasteiger partial charge in [-0.3, -0.25) is 0 Å². The molecule has 1 aliphatic rings. The van der Waals surface area contributed by atoms with Crippen molar-refractivity contribution in [2.75, 3.05) is 25.1 Å². The second-order valence-electron chi connectivity index (χ2n) is 4.24. The molecule has 0 aliphatic carbocycles. The Morgan fingerprint density at radius 3 is 2.80 bits per heavy atom. The molecule has 0 N–H and O–H groups in total. The van der Waals surface area contributed by atoms with Crippen molar-refractivity contribution in [1.29, 1.82) is 0 Å². The number of ether oxygens (including phenoxy) is 1. The number of hydrogen-bond donors (Lipinski definition) is 0. The van der Waals surface area contributed by atoms with E-state index in [9.17, 15) is 0 Å². The predicted octanol–water partition coefficient (Wildman–Crippen LogP) is 3.29. The normalized spacial score (nSPS) is 15.1. The molecule has 1 aromatic carbocycles. The zero-order valence-corrected chi connectivity index (χ0v) is 10.1. The van der Waals surface area contributed by atoms with E-state index in [2.05, 4.69) is 31.9 Å². The van der Waals surface area contributed by atoms with E-state index in [1.165, 1.54) is 5.56 Å². The number of fused-ring (bicyclic) bond motifs is 1. The minimum atomic E-state index is 0.461. The van der Waals surface area contributed by atoms with Crippen LogP contribution in [0.2, 0.25) is 5.02 Å². The summed E-state index contributed by atoms with van der Waals surface area (Å²) in [5.74, 6) is 1.42. The van der Waals surface area contributed by atoms with Gasteiger partial charge in [0.1, 0.15) is 12.4 Å². The molecule has 0 spiro atoms.